The predicted molar refractivity (Wildman–Crippen MR) is 81.1 cm³/mol. The van der Waals surface area contributed by atoms with Gasteiger partial charge in [0.05, 0.1) is 16.3 Å². The topological polar surface area (TPSA) is 23.6 Å². The number of carbonyl (C=O) groups is 1. The van der Waals surface area contributed by atoms with Crippen molar-refractivity contribution in [2.45, 2.75) is 12.8 Å². The number of carbonyl (C=O) groups excluding carboxylic acids is 1. The number of hydrogen-bond donors (Lipinski definition) is 0. The number of thioether (sulfide) groups is 1. The summed E-state index contributed by atoms with van der Waals surface area (Å²) in [4.78, 5) is 16.7. The van der Waals surface area contributed by atoms with E-state index in [4.69, 9.17) is 0 Å². The van der Waals surface area contributed by atoms with Crippen LogP contribution in [0.15, 0.2) is 29.3 Å². The first-order chi connectivity index (χ1) is 9.24. The maximum absolute atomic E-state index is 12.5. The number of rotatable bonds is 2. The molecule has 0 spiro atoms. The Labute approximate surface area is 118 Å². The Kier molecular flexibility index (Phi) is 3.27. The molecule has 0 bridgehead atoms. The number of likely N-dealkylation sites (tertiary alicyclic amines) is 1. The highest BCUT2D eigenvalue weighted by molar-refractivity contribution is 8.02. The van der Waals surface area contributed by atoms with Gasteiger partial charge in [0.2, 0.25) is 0 Å². The molecule has 0 radical (unpaired) electrons. The first-order valence-corrected chi connectivity index (χ1v) is 7.87. The van der Waals surface area contributed by atoms with Crippen LogP contribution in [0.1, 0.15) is 18.4 Å². The Bertz CT molecular complexity index is 547. The predicted octanol–water partition coefficient (Wildman–Crippen LogP) is 2.79. The molecule has 3 nitrogen and oxygen atoms in total. The minimum Gasteiger partial charge on any atom is -0.366 e. The van der Waals surface area contributed by atoms with Crippen LogP contribution in [0, 0.1) is 0 Å². The van der Waals surface area contributed by atoms with Crippen LogP contribution in [0.4, 0.5) is 5.69 Å². The van der Waals surface area contributed by atoms with Gasteiger partial charge < -0.3 is 9.80 Å². The monoisotopic (exact) mass is 274 g/mol. The summed E-state index contributed by atoms with van der Waals surface area (Å²) in [6.07, 6.45) is 4.51. The number of anilines is 1. The molecule has 1 fully saturated rings. The fraction of sp³-hybridized carbons (Fsp3) is 0.400. The van der Waals surface area contributed by atoms with Crippen LogP contribution >= 0.6 is 11.8 Å². The molecule has 4 heteroatoms. The summed E-state index contributed by atoms with van der Waals surface area (Å²) in [7, 11) is 1.86. The summed E-state index contributed by atoms with van der Waals surface area (Å²) in [6, 6.07) is 8.06. The van der Waals surface area contributed by atoms with Gasteiger partial charge in [0, 0.05) is 25.7 Å². The van der Waals surface area contributed by atoms with Crippen LogP contribution in [0.2, 0.25) is 0 Å². The van der Waals surface area contributed by atoms with E-state index >= 15 is 0 Å². The van der Waals surface area contributed by atoms with Crippen LogP contribution < -0.4 is 4.90 Å². The number of hydrogen-bond acceptors (Lipinski definition) is 3. The SMILES string of the molecule is CS/C(=C1\C(=O)N(C)c2ccccc21)N1CCCC1. The number of nitrogens with zero attached hydrogens (tertiary/aromatic N) is 2. The molecule has 2 heterocycles. The van der Waals surface area contributed by atoms with Crippen LogP contribution in [0.3, 0.4) is 0 Å². The Morgan fingerprint density at radius 1 is 1.21 bits per heavy atom. The van der Waals surface area contributed by atoms with Gasteiger partial charge in [0.25, 0.3) is 5.91 Å². The fourth-order valence-electron chi connectivity index (χ4n) is 2.89. The van der Waals surface area contributed by atoms with E-state index in [0.29, 0.717) is 0 Å². The molecule has 0 atom stereocenters. The number of fused-ring (bicyclic) bond motifs is 1. The van der Waals surface area contributed by atoms with Crippen LogP contribution in [-0.2, 0) is 4.79 Å². The molecular weight excluding hydrogens is 256 g/mol. The van der Waals surface area contributed by atoms with Gasteiger partial charge in [-0.15, -0.1) is 11.8 Å². The third-order valence-electron chi connectivity index (χ3n) is 3.85. The third-order valence-corrected chi connectivity index (χ3v) is 4.70. The summed E-state index contributed by atoms with van der Waals surface area (Å²) < 4.78 is 0. The molecule has 2 aliphatic heterocycles. The first-order valence-electron chi connectivity index (χ1n) is 6.64. The zero-order chi connectivity index (χ0) is 13.4. The van der Waals surface area contributed by atoms with Crippen molar-refractivity contribution in [3.05, 3.63) is 34.9 Å². The highest BCUT2D eigenvalue weighted by atomic mass is 32.2. The Morgan fingerprint density at radius 2 is 1.89 bits per heavy atom. The second-order valence-corrected chi connectivity index (χ2v) is 5.75. The molecule has 1 amide bonds. The lowest BCUT2D eigenvalue weighted by atomic mass is 10.1. The van der Waals surface area contributed by atoms with Gasteiger partial charge in [0.1, 0.15) is 0 Å². The van der Waals surface area contributed by atoms with Crippen molar-refractivity contribution >= 4 is 28.9 Å². The molecule has 1 saturated heterocycles. The van der Waals surface area contributed by atoms with E-state index in [-0.39, 0.29) is 5.91 Å². The van der Waals surface area contributed by atoms with Crippen molar-refractivity contribution in [2.24, 2.45) is 0 Å². The maximum Gasteiger partial charge on any atom is 0.261 e. The quantitative estimate of drug-likeness (QED) is 0.775. The van der Waals surface area contributed by atoms with Gasteiger partial charge in [-0.1, -0.05) is 18.2 Å². The van der Waals surface area contributed by atoms with Crippen LogP contribution in [0.5, 0.6) is 0 Å². The van der Waals surface area contributed by atoms with Gasteiger partial charge in [0.15, 0.2) is 0 Å². The second-order valence-electron chi connectivity index (χ2n) is 4.96. The standard InChI is InChI=1S/C15H18N2OS/c1-16-12-8-4-3-7-11(12)13(14(16)18)15(19-2)17-9-5-6-10-17/h3-4,7-8H,5-6,9-10H2,1-2H3/b15-13-. The lowest BCUT2D eigenvalue weighted by molar-refractivity contribution is -0.112. The summed E-state index contributed by atoms with van der Waals surface area (Å²) in [6.45, 7) is 2.14. The van der Waals surface area contributed by atoms with E-state index in [2.05, 4.69) is 17.2 Å². The molecule has 0 aliphatic carbocycles. The summed E-state index contributed by atoms with van der Waals surface area (Å²) >= 11 is 1.69. The summed E-state index contributed by atoms with van der Waals surface area (Å²) in [5, 5.41) is 1.14. The van der Waals surface area contributed by atoms with Gasteiger partial charge in [-0.25, -0.2) is 0 Å². The Balaban J connectivity index is 2.14. The van der Waals surface area contributed by atoms with Crippen molar-refractivity contribution in [3.8, 4) is 0 Å². The zero-order valence-corrected chi connectivity index (χ0v) is 12.2. The highest BCUT2D eigenvalue weighted by Gasteiger charge is 2.33. The van der Waals surface area contributed by atoms with Gasteiger partial charge >= 0.3 is 0 Å². The summed E-state index contributed by atoms with van der Waals surface area (Å²) in [5.41, 5.74) is 2.98. The maximum atomic E-state index is 12.5. The van der Waals surface area contributed by atoms with Crippen LogP contribution in [-0.4, -0.2) is 37.2 Å². The second kappa shape index (κ2) is 4.93. The molecule has 0 unspecified atom stereocenters. The minimum atomic E-state index is 0.123. The first kappa shape index (κ1) is 12.6. The molecule has 1 aromatic carbocycles. The minimum absolute atomic E-state index is 0.123. The van der Waals surface area contributed by atoms with E-state index in [1.807, 2.05) is 25.2 Å². The van der Waals surface area contributed by atoms with Crippen LogP contribution in [0.25, 0.3) is 5.57 Å². The molecule has 0 N–H and O–H groups in total. The molecule has 3 rings (SSSR count). The zero-order valence-electron chi connectivity index (χ0n) is 11.3. The third kappa shape index (κ3) is 1.94. The van der Waals surface area contributed by atoms with Crippen molar-refractivity contribution in [2.75, 3.05) is 31.3 Å². The van der Waals surface area contributed by atoms with E-state index in [9.17, 15) is 4.79 Å². The normalized spacial score (nSPS) is 21.1. The molecule has 0 saturated carbocycles. The highest BCUT2D eigenvalue weighted by Crippen LogP contribution is 2.41. The number of para-hydroxylation sites is 1. The van der Waals surface area contributed by atoms with Crippen molar-refractivity contribution < 1.29 is 4.79 Å². The van der Waals surface area contributed by atoms with E-state index in [1.54, 1.807) is 16.7 Å². The van der Waals surface area contributed by atoms with Gasteiger partial charge in [-0.2, -0.15) is 0 Å². The summed E-state index contributed by atoms with van der Waals surface area (Å²) in [5.74, 6) is 0.123. The lowest BCUT2D eigenvalue weighted by Crippen LogP contribution is -2.24. The molecule has 1 aromatic rings. The largest absolute Gasteiger partial charge is 0.366 e. The Hall–Kier alpha value is -1.42. The van der Waals surface area contributed by atoms with Crippen molar-refractivity contribution in [3.63, 3.8) is 0 Å². The number of amides is 1. The lowest BCUT2D eigenvalue weighted by Gasteiger charge is -2.21. The molecule has 0 aromatic heterocycles. The molecule has 2 aliphatic rings. The Morgan fingerprint density at radius 3 is 2.58 bits per heavy atom. The van der Waals surface area contributed by atoms with Gasteiger partial charge in [-0.05, 0) is 25.2 Å². The molecule has 19 heavy (non-hydrogen) atoms. The van der Waals surface area contributed by atoms with Crippen molar-refractivity contribution in [1.82, 2.24) is 4.90 Å². The number of likely N-dealkylation sites (N-methyl/N-ethyl adjacent to an activating group) is 1. The molecule has 100 valence electrons. The van der Waals surface area contributed by atoms with E-state index < -0.39 is 0 Å². The smallest absolute Gasteiger partial charge is 0.261 e. The number of benzene rings is 1. The van der Waals surface area contributed by atoms with Crippen molar-refractivity contribution in [1.29, 1.82) is 0 Å². The fourth-order valence-corrected chi connectivity index (χ4v) is 3.73. The average Bonchev–Trinajstić information content (AvgIpc) is 3.04. The van der Waals surface area contributed by atoms with E-state index in [0.717, 1.165) is 34.9 Å². The molecular formula is C15H18N2OS. The van der Waals surface area contributed by atoms with Gasteiger partial charge in [-0.3, -0.25) is 4.79 Å². The van der Waals surface area contributed by atoms with E-state index in [1.165, 1.54) is 12.8 Å². The average molecular weight is 274 g/mol.